The second-order valence-corrected chi connectivity index (χ2v) is 7.40. The van der Waals surface area contributed by atoms with Crippen molar-refractivity contribution in [3.05, 3.63) is 11.8 Å². The summed E-state index contributed by atoms with van der Waals surface area (Å²) in [7, 11) is -3.56. The van der Waals surface area contributed by atoms with Crippen LogP contribution in [0.3, 0.4) is 0 Å². The number of rotatable bonds is 7. The molecular weight excluding hydrogens is 292 g/mol. The third kappa shape index (κ3) is 4.77. The van der Waals surface area contributed by atoms with Crippen LogP contribution in [0.25, 0.3) is 0 Å². The molecule has 0 aromatic carbocycles. The van der Waals surface area contributed by atoms with Crippen LogP contribution in [0.2, 0.25) is 0 Å². The number of aromatic nitrogens is 2. The van der Waals surface area contributed by atoms with Crippen LogP contribution in [0.5, 0.6) is 0 Å². The van der Waals surface area contributed by atoms with Crippen LogP contribution in [-0.2, 0) is 21.3 Å². The number of hydrogen-bond acceptors (Lipinski definition) is 5. The molecule has 120 valence electrons. The van der Waals surface area contributed by atoms with E-state index in [2.05, 4.69) is 20.2 Å². The molecule has 1 aromatic rings. The molecule has 1 aliphatic rings. The van der Waals surface area contributed by atoms with Crippen LogP contribution in [0.1, 0.15) is 32.3 Å². The Hall–Kier alpha value is -0.960. The molecule has 0 aliphatic carbocycles. The first kappa shape index (κ1) is 16.4. The Bertz CT molecular complexity index is 535. The lowest BCUT2D eigenvalue weighted by atomic mass is 10.0. The first-order valence-corrected chi connectivity index (χ1v) is 8.80. The number of sulfonamides is 1. The molecule has 3 N–H and O–H groups in total. The molecule has 1 fully saturated rings. The lowest BCUT2D eigenvalue weighted by Gasteiger charge is -2.22. The number of ether oxygens (including phenoxy) is 1. The van der Waals surface area contributed by atoms with E-state index in [0.717, 1.165) is 19.4 Å². The van der Waals surface area contributed by atoms with Crippen LogP contribution < -0.4 is 10.0 Å². The molecule has 2 heterocycles. The van der Waals surface area contributed by atoms with Gasteiger partial charge in [-0.05, 0) is 18.8 Å². The van der Waals surface area contributed by atoms with E-state index < -0.39 is 10.0 Å². The van der Waals surface area contributed by atoms with Crippen molar-refractivity contribution in [2.24, 2.45) is 5.92 Å². The van der Waals surface area contributed by atoms with Crippen molar-refractivity contribution in [3.8, 4) is 0 Å². The molecule has 0 amide bonds. The second kappa shape index (κ2) is 7.35. The van der Waals surface area contributed by atoms with Gasteiger partial charge in [-0.1, -0.05) is 13.8 Å². The van der Waals surface area contributed by atoms with E-state index in [1.807, 2.05) is 13.8 Å². The van der Waals surface area contributed by atoms with Gasteiger partial charge in [0.05, 0.1) is 12.8 Å². The van der Waals surface area contributed by atoms with Gasteiger partial charge in [0.2, 0.25) is 0 Å². The van der Waals surface area contributed by atoms with Crippen molar-refractivity contribution in [1.29, 1.82) is 0 Å². The summed E-state index contributed by atoms with van der Waals surface area (Å²) >= 11 is 0. The number of hydrogen-bond donors (Lipinski definition) is 3. The second-order valence-electron chi connectivity index (χ2n) is 5.70. The van der Waals surface area contributed by atoms with E-state index in [1.54, 1.807) is 6.20 Å². The minimum atomic E-state index is -3.56. The summed E-state index contributed by atoms with van der Waals surface area (Å²) in [4.78, 5) is 0. The van der Waals surface area contributed by atoms with E-state index >= 15 is 0 Å². The Morgan fingerprint density at radius 3 is 3.00 bits per heavy atom. The number of nitrogens with one attached hydrogen (secondary N) is 3. The van der Waals surface area contributed by atoms with Crippen molar-refractivity contribution in [2.45, 2.75) is 44.3 Å². The topological polar surface area (TPSA) is 96.1 Å². The number of nitrogens with zero attached hydrogens (tertiary/aromatic N) is 1. The average molecular weight is 316 g/mol. The van der Waals surface area contributed by atoms with Gasteiger partial charge >= 0.3 is 0 Å². The largest absolute Gasteiger partial charge is 0.381 e. The summed E-state index contributed by atoms with van der Waals surface area (Å²) in [5.41, 5.74) is 0.649. The molecule has 1 atom stereocenters. The van der Waals surface area contributed by atoms with Crippen LogP contribution >= 0.6 is 0 Å². The molecular formula is C13H24N4O3S. The number of H-pyrrole nitrogens is 1. The summed E-state index contributed by atoms with van der Waals surface area (Å²) < 4.78 is 32.7. The molecule has 1 unspecified atom stereocenters. The minimum absolute atomic E-state index is 0.146. The van der Waals surface area contributed by atoms with Gasteiger partial charge in [-0.3, -0.25) is 5.10 Å². The third-order valence-electron chi connectivity index (χ3n) is 3.46. The highest BCUT2D eigenvalue weighted by Gasteiger charge is 2.23. The van der Waals surface area contributed by atoms with Crippen molar-refractivity contribution in [1.82, 2.24) is 20.2 Å². The first-order valence-electron chi connectivity index (χ1n) is 7.32. The maximum Gasteiger partial charge on any atom is 0.257 e. The summed E-state index contributed by atoms with van der Waals surface area (Å²) in [5.74, 6) is 0.244. The molecule has 0 bridgehead atoms. The Morgan fingerprint density at radius 2 is 2.33 bits per heavy atom. The molecule has 8 heteroatoms. The molecule has 2 rings (SSSR count). The summed E-state index contributed by atoms with van der Waals surface area (Å²) in [6.45, 7) is 6.28. The predicted molar refractivity (Wildman–Crippen MR) is 79.3 cm³/mol. The van der Waals surface area contributed by atoms with E-state index in [-0.39, 0.29) is 17.0 Å². The van der Waals surface area contributed by atoms with Gasteiger partial charge in [-0.2, -0.15) is 5.10 Å². The normalized spacial score (nSPS) is 20.0. The third-order valence-corrected chi connectivity index (χ3v) is 4.90. The maximum atomic E-state index is 12.4. The Kier molecular flexibility index (Phi) is 5.74. The van der Waals surface area contributed by atoms with Crippen LogP contribution in [0.4, 0.5) is 0 Å². The Morgan fingerprint density at radius 1 is 1.52 bits per heavy atom. The van der Waals surface area contributed by atoms with Crippen molar-refractivity contribution in [2.75, 3.05) is 19.8 Å². The minimum Gasteiger partial charge on any atom is -0.381 e. The average Bonchev–Trinajstić information content (AvgIpc) is 2.93. The zero-order valence-corrected chi connectivity index (χ0v) is 13.4. The molecule has 1 saturated heterocycles. The fourth-order valence-corrected chi connectivity index (χ4v) is 3.48. The van der Waals surface area contributed by atoms with E-state index in [9.17, 15) is 8.42 Å². The Labute approximate surface area is 125 Å². The SMILES string of the molecule is CC(C)NCc1cn[nH]c1S(=O)(=O)NCC1CCCOC1. The molecule has 7 nitrogen and oxygen atoms in total. The van der Waals surface area contributed by atoms with Gasteiger partial charge in [0.1, 0.15) is 0 Å². The maximum absolute atomic E-state index is 12.4. The highest BCUT2D eigenvalue weighted by molar-refractivity contribution is 7.89. The van der Waals surface area contributed by atoms with Crippen LogP contribution in [0.15, 0.2) is 11.2 Å². The van der Waals surface area contributed by atoms with Gasteiger partial charge in [0, 0.05) is 31.3 Å². The highest BCUT2D eigenvalue weighted by atomic mass is 32.2. The van der Waals surface area contributed by atoms with Gasteiger partial charge in [0.25, 0.3) is 10.0 Å². The predicted octanol–water partition coefficient (Wildman–Crippen LogP) is 0.613. The van der Waals surface area contributed by atoms with Crippen molar-refractivity contribution >= 4 is 10.0 Å². The molecule has 0 radical (unpaired) electrons. The van der Waals surface area contributed by atoms with Crippen LogP contribution in [-0.4, -0.2) is 44.4 Å². The fraction of sp³-hybridized carbons (Fsp3) is 0.769. The summed E-state index contributed by atoms with van der Waals surface area (Å²) in [5, 5.41) is 9.78. The standard InChI is InChI=1S/C13H24N4O3S/c1-10(2)14-7-12-8-15-17-13(12)21(18,19)16-6-11-4-3-5-20-9-11/h8,10-11,14,16H,3-7,9H2,1-2H3,(H,15,17). The lowest BCUT2D eigenvalue weighted by Crippen LogP contribution is -2.34. The smallest absolute Gasteiger partial charge is 0.257 e. The Balaban J connectivity index is 1.96. The molecule has 21 heavy (non-hydrogen) atoms. The van der Waals surface area contributed by atoms with Gasteiger partial charge in [-0.25, -0.2) is 13.1 Å². The quantitative estimate of drug-likeness (QED) is 0.685. The summed E-state index contributed by atoms with van der Waals surface area (Å²) in [6.07, 6.45) is 3.53. The monoisotopic (exact) mass is 316 g/mol. The zero-order chi connectivity index (χ0) is 15.3. The fourth-order valence-electron chi connectivity index (χ4n) is 2.24. The first-order chi connectivity index (χ1) is 9.99. The van der Waals surface area contributed by atoms with Crippen molar-refractivity contribution < 1.29 is 13.2 Å². The summed E-state index contributed by atoms with van der Waals surface area (Å²) in [6, 6.07) is 0.280. The van der Waals surface area contributed by atoms with E-state index in [1.165, 1.54) is 0 Å². The lowest BCUT2D eigenvalue weighted by molar-refractivity contribution is 0.0568. The number of aromatic amines is 1. The molecule has 0 saturated carbocycles. The molecule has 1 aromatic heterocycles. The molecule has 1 aliphatic heterocycles. The van der Waals surface area contributed by atoms with Crippen LogP contribution in [0, 0.1) is 5.92 Å². The van der Waals surface area contributed by atoms with Crippen molar-refractivity contribution in [3.63, 3.8) is 0 Å². The molecule has 0 spiro atoms. The van der Waals surface area contributed by atoms with Gasteiger partial charge < -0.3 is 10.1 Å². The van der Waals surface area contributed by atoms with E-state index in [0.29, 0.717) is 25.3 Å². The van der Waals surface area contributed by atoms with E-state index in [4.69, 9.17) is 4.74 Å². The van der Waals surface area contributed by atoms with Gasteiger partial charge in [0.15, 0.2) is 5.03 Å². The zero-order valence-electron chi connectivity index (χ0n) is 12.6. The highest BCUT2D eigenvalue weighted by Crippen LogP contribution is 2.15. The van der Waals surface area contributed by atoms with Gasteiger partial charge in [-0.15, -0.1) is 0 Å².